The van der Waals surface area contributed by atoms with Gasteiger partial charge in [0.15, 0.2) is 0 Å². The van der Waals surface area contributed by atoms with Crippen LogP contribution in [0.25, 0.3) is 0 Å². The van der Waals surface area contributed by atoms with E-state index in [1.807, 2.05) is 12.1 Å². The number of hydrogen-bond donors (Lipinski definition) is 2. The van der Waals surface area contributed by atoms with E-state index >= 15 is 0 Å². The minimum absolute atomic E-state index is 0.0392. The zero-order valence-corrected chi connectivity index (χ0v) is 12.8. The number of nitrogens with two attached hydrogens (primary N) is 1. The lowest BCUT2D eigenvalue weighted by atomic mass is 9.96. The summed E-state index contributed by atoms with van der Waals surface area (Å²) in [6, 6.07) is 12.4. The minimum atomic E-state index is 0.0392. The van der Waals surface area contributed by atoms with E-state index in [-0.39, 0.29) is 6.04 Å². The third-order valence-electron chi connectivity index (χ3n) is 3.93. The summed E-state index contributed by atoms with van der Waals surface area (Å²) in [5.74, 6) is 6.73. The van der Waals surface area contributed by atoms with Gasteiger partial charge in [-0.05, 0) is 42.2 Å². The van der Waals surface area contributed by atoms with Gasteiger partial charge in [0.05, 0.1) is 12.6 Å². The van der Waals surface area contributed by atoms with Gasteiger partial charge in [0.25, 0.3) is 0 Å². The van der Waals surface area contributed by atoms with Crippen LogP contribution < -0.4 is 16.0 Å². The molecule has 0 fully saturated rings. The Morgan fingerprint density at radius 1 is 1.29 bits per heavy atom. The third kappa shape index (κ3) is 3.05. The van der Waals surface area contributed by atoms with Gasteiger partial charge in [0.2, 0.25) is 0 Å². The Kier molecular flexibility index (Phi) is 4.15. The number of hydrazine groups is 1. The molecule has 110 valence electrons. The van der Waals surface area contributed by atoms with Crippen LogP contribution >= 0.6 is 11.6 Å². The van der Waals surface area contributed by atoms with Crippen LogP contribution in [0.1, 0.15) is 28.3 Å². The number of hydrogen-bond acceptors (Lipinski definition) is 3. The molecular formula is C17H19ClN2O. The Morgan fingerprint density at radius 3 is 2.76 bits per heavy atom. The van der Waals surface area contributed by atoms with Gasteiger partial charge < -0.3 is 4.74 Å². The predicted octanol–water partition coefficient (Wildman–Crippen LogP) is 3.33. The van der Waals surface area contributed by atoms with Crippen LogP contribution in [0.15, 0.2) is 36.4 Å². The molecule has 0 saturated heterocycles. The fourth-order valence-electron chi connectivity index (χ4n) is 2.79. The molecule has 4 heteroatoms. The topological polar surface area (TPSA) is 47.3 Å². The summed E-state index contributed by atoms with van der Waals surface area (Å²) in [5, 5.41) is 0.758. The second kappa shape index (κ2) is 6.06. The highest BCUT2D eigenvalue weighted by atomic mass is 35.5. The molecule has 0 spiro atoms. The molecule has 0 bridgehead atoms. The highest BCUT2D eigenvalue weighted by Gasteiger charge is 2.20. The summed E-state index contributed by atoms with van der Waals surface area (Å²) < 4.78 is 5.76. The Hall–Kier alpha value is -1.55. The number of aryl methyl sites for hydroxylation is 1. The van der Waals surface area contributed by atoms with Gasteiger partial charge in [-0.1, -0.05) is 41.4 Å². The highest BCUT2D eigenvalue weighted by Crippen LogP contribution is 2.35. The quantitative estimate of drug-likeness (QED) is 0.673. The van der Waals surface area contributed by atoms with Crippen LogP contribution in [0.5, 0.6) is 5.75 Å². The SMILES string of the molecule is Cc1ccc(C(Cc2cc(Cl)cc3c2OCC3)NN)cc1. The standard InChI is InChI=1S/C17H19ClN2O/c1-11-2-4-12(5-3-11)16(20-19)10-14-9-15(18)8-13-6-7-21-17(13)14/h2-5,8-9,16,20H,6-7,10,19H2,1H3. The molecule has 0 aliphatic carbocycles. The van der Waals surface area contributed by atoms with E-state index in [1.54, 1.807) is 0 Å². The van der Waals surface area contributed by atoms with Crippen molar-refractivity contribution < 1.29 is 4.74 Å². The van der Waals surface area contributed by atoms with Crippen LogP contribution in [-0.4, -0.2) is 6.61 Å². The number of rotatable bonds is 4. The molecule has 2 aromatic rings. The molecule has 1 atom stereocenters. The predicted molar refractivity (Wildman–Crippen MR) is 85.6 cm³/mol. The molecule has 3 rings (SSSR count). The second-order valence-corrected chi connectivity index (χ2v) is 5.92. The van der Waals surface area contributed by atoms with Gasteiger partial charge in [-0.3, -0.25) is 11.3 Å². The molecule has 1 aliphatic heterocycles. The fourth-order valence-corrected chi connectivity index (χ4v) is 3.05. The minimum Gasteiger partial charge on any atom is -0.493 e. The lowest BCUT2D eigenvalue weighted by molar-refractivity contribution is 0.351. The largest absolute Gasteiger partial charge is 0.493 e. The van der Waals surface area contributed by atoms with Gasteiger partial charge in [-0.15, -0.1) is 0 Å². The molecule has 21 heavy (non-hydrogen) atoms. The van der Waals surface area contributed by atoms with Crippen molar-refractivity contribution in [3.63, 3.8) is 0 Å². The smallest absolute Gasteiger partial charge is 0.125 e. The van der Waals surface area contributed by atoms with E-state index in [2.05, 4.69) is 36.6 Å². The Balaban J connectivity index is 1.89. The highest BCUT2D eigenvalue weighted by molar-refractivity contribution is 6.30. The first-order valence-corrected chi connectivity index (χ1v) is 7.52. The summed E-state index contributed by atoms with van der Waals surface area (Å²) >= 11 is 6.21. The van der Waals surface area contributed by atoms with Crippen LogP contribution in [0.2, 0.25) is 5.02 Å². The third-order valence-corrected chi connectivity index (χ3v) is 4.15. The molecule has 0 amide bonds. The second-order valence-electron chi connectivity index (χ2n) is 5.49. The summed E-state index contributed by atoms with van der Waals surface area (Å²) in [5.41, 5.74) is 7.60. The molecule has 0 aromatic heterocycles. The van der Waals surface area contributed by atoms with Crippen LogP contribution in [0.4, 0.5) is 0 Å². The van der Waals surface area contributed by atoms with Crippen molar-refractivity contribution >= 4 is 11.6 Å². The molecule has 3 nitrogen and oxygen atoms in total. The number of nitrogens with one attached hydrogen (secondary N) is 1. The normalized spacial score (nSPS) is 14.6. The lowest BCUT2D eigenvalue weighted by Gasteiger charge is -2.18. The molecule has 1 heterocycles. The van der Waals surface area contributed by atoms with Gasteiger partial charge in [-0.25, -0.2) is 0 Å². The maximum Gasteiger partial charge on any atom is 0.125 e. The van der Waals surface area contributed by atoms with Crippen molar-refractivity contribution in [1.82, 2.24) is 5.43 Å². The zero-order chi connectivity index (χ0) is 14.8. The molecule has 1 unspecified atom stereocenters. The number of ether oxygens (including phenoxy) is 1. The lowest BCUT2D eigenvalue weighted by Crippen LogP contribution is -2.29. The Morgan fingerprint density at radius 2 is 2.05 bits per heavy atom. The average Bonchev–Trinajstić information content (AvgIpc) is 2.94. The maximum atomic E-state index is 6.21. The Labute approximate surface area is 130 Å². The Bertz CT molecular complexity index is 640. The van der Waals surface area contributed by atoms with Gasteiger partial charge >= 0.3 is 0 Å². The van der Waals surface area contributed by atoms with Crippen LogP contribution in [-0.2, 0) is 12.8 Å². The van der Waals surface area contributed by atoms with Crippen LogP contribution in [0.3, 0.4) is 0 Å². The zero-order valence-electron chi connectivity index (χ0n) is 12.0. The van der Waals surface area contributed by atoms with Crippen molar-refractivity contribution in [3.8, 4) is 5.75 Å². The summed E-state index contributed by atoms with van der Waals surface area (Å²) in [6.45, 7) is 2.81. The van der Waals surface area contributed by atoms with Crippen molar-refractivity contribution in [2.75, 3.05) is 6.61 Å². The molecule has 3 N–H and O–H groups in total. The van der Waals surface area contributed by atoms with E-state index in [0.717, 1.165) is 41.3 Å². The first-order valence-electron chi connectivity index (χ1n) is 7.14. The van der Waals surface area contributed by atoms with Crippen LogP contribution in [0, 0.1) is 6.92 Å². The fraction of sp³-hybridized carbons (Fsp3) is 0.294. The van der Waals surface area contributed by atoms with Gasteiger partial charge in [0.1, 0.15) is 5.75 Å². The molecule has 0 radical (unpaired) electrons. The van der Waals surface area contributed by atoms with E-state index in [9.17, 15) is 0 Å². The van der Waals surface area contributed by atoms with Crippen molar-refractivity contribution in [1.29, 1.82) is 0 Å². The molecular weight excluding hydrogens is 284 g/mol. The molecule has 1 aliphatic rings. The van der Waals surface area contributed by atoms with Gasteiger partial charge in [0, 0.05) is 11.4 Å². The monoisotopic (exact) mass is 302 g/mol. The molecule has 2 aromatic carbocycles. The maximum absolute atomic E-state index is 6.21. The summed E-state index contributed by atoms with van der Waals surface area (Å²) in [4.78, 5) is 0. The number of fused-ring (bicyclic) bond motifs is 1. The van der Waals surface area contributed by atoms with E-state index in [0.29, 0.717) is 0 Å². The molecule has 0 saturated carbocycles. The van der Waals surface area contributed by atoms with Crippen molar-refractivity contribution in [2.45, 2.75) is 25.8 Å². The first kappa shape index (κ1) is 14.4. The van der Waals surface area contributed by atoms with Crippen molar-refractivity contribution in [2.24, 2.45) is 5.84 Å². The van der Waals surface area contributed by atoms with Gasteiger partial charge in [-0.2, -0.15) is 0 Å². The van der Waals surface area contributed by atoms with Crippen molar-refractivity contribution in [3.05, 3.63) is 63.7 Å². The summed E-state index contributed by atoms with van der Waals surface area (Å²) in [6.07, 6.45) is 1.68. The van der Waals surface area contributed by atoms with E-state index < -0.39 is 0 Å². The summed E-state index contributed by atoms with van der Waals surface area (Å²) in [7, 11) is 0. The number of benzene rings is 2. The van der Waals surface area contributed by atoms with E-state index in [1.165, 1.54) is 11.1 Å². The first-order chi connectivity index (χ1) is 10.2. The van der Waals surface area contributed by atoms with E-state index in [4.69, 9.17) is 22.2 Å². The number of halogens is 1. The average molecular weight is 303 g/mol.